The highest BCUT2D eigenvalue weighted by Gasteiger charge is 2.15. The van der Waals surface area contributed by atoms with Gasteiger partial charge in [0.2, 0.25) is 0 Å². The Labute approximate surface area is 118 Å². The highest BCUT2D eigenvalue weighted by atomic mass is 79.9. The molecule has 0 radical (unpaired) electrons. The van der Waals surface area contributed by atoms with Crippen LogP contribution in [0.1, 0.15) is 34.8 Å². The lowest BCUT2D eigenvalue weighted by Crippen LogP contribution is -2.26. The van der Waals surface area contributed by atoms with E-state index in [0.717, 1.165) is 5.76 Å². The molecule has 1 aromatic heterocycles. The molecule has 3 nitrogen and oxygen atoms in total. The van der Waals surface area contributed by atoms with Crippen LogP contribution in [0.2, 0.25) is 0 Å². The zero-order valence-electron chi connectivity index (χ0n) is 10.5. The van der Waals surface area contributed by atoms with Gasteiger partial charge in [0.15, 0.2) is 0 Å². The van der Waals surface area contributed by atoms with Crippen LogP contribution in [0, 0.1) is 12.7 Å². The molecule has 2 rings (SSSR count). The number of aryl methyl sites for hydroxylation is 1. The van der Waals surface area contributed by atoms with Crippen LogP contribution < -0.4 is 5.32 Å². The Hall–Kier alpha value is -1.62. The van der Waals surface area contributed by atoms with Crippen LogP contribution in [-0.4, -0.2) is 5.91 Å². The van der Waals surface area contributed by atoms with E-state index < -0.39 is 5.82 Å². The van der Waals surface area contributed by atoms with Crippen molar-refractivity contribution in [3.05, 3.63) is 57.7 Å². The maximum Gasteiger partial charge on any atom is 0.252 e. The number of rotatable bonds is 3. The average Bonchev–Trinajstić information content (AvgIpc) is 2.74. The van der Waals surface area contributed by atoms with E-state index in [-0.39, 0.29) is 17.5 Å². The first-order chi connectivity index (χ1) is 8.95. The molecular weight excluding hydrogens is 313 g/mol. The van der Waals surface area contributed by atoms with E-state index in [2.05, 4.69) is 21.2 Å². The van der Waals surface area contributed by atoms with Crippen molar-refractivity contribution in [2.24, 2.45) is 0 Å². The van der Waals surface area contributed by atoms with Gasteiger partial charge in [-0.15, -0.1) is 0 Å². The first-order valence-electron chi connectivity index (χ1n) is 5.79. The van der Waals surface area contributed by atoms with Gasteiger partial charge in [0.25, 0.3) is 5.91 Å². The Morgan fingerprint density at radius 2 is 2.11 bits per heavy atom. The number of hydrogen-bond acceptors (Lipinski definition) is 2. The van der Waals surface area contributed by atoms with Crippen molar-refractivity contribution in [1.29, 1.82) is 0 Å². The fourth-order valence-corrected chi connectivity index (χ4v) is 2.19. The summed E-state index contributed by atoms with van der Waals surface area (Å²) in [5.41, 5.74) is 0.266. The number of amides is 1. The minimum absolute atomic E-state index is 0.266. The van der Waals surface area contributed by atoms with Gasteiger partial charge in [-0.25, -0.2) is 4.39 Å². The number of furan rings is 1. The Bertz CT molecular complexity index is 589. The van der Waals surface area contributed by atoms with E-state index in [4.69, 9.17) is 4.42 Å². The van der Waals surface area contributed by atoms with Gasteiger partial charge in [0, 0.05) is 10.0 Å². The third-order valence-corrected chi connectivity index (χ3v) is 3.12. The Balaban J connectivity index is 2.12. The topological polar surface area (TPSA) is 42.2 Å². The molecule has 2 aromatic rings. The quantitative estimate of drug-likeness (QED) is 0.927. The average molecular weight is 326 g/mol. The second kappa shape index (κ2) is 5.57. The summed E-state index contributed by atoms with van der Waals surface area (Å²) in [6, 6.07) is 7.43. The molecule has 1 aromatic carbocycles. The van der Waals surface area contributed by atoms with Crippen LogP contribution >= 0.6 is 15.9 Å². The van der Waals surface area contributed by atoms with Crippen molar-refractivity contribution < 1.29 is 13.6 Å². The van der Waals surface area contributed by atoms with E-state index >= 15 is 0 Å². The fourth-order valence-electron chi connectivity index (χ4n) is 1.72. The van der Waals surface area contributed by atoms with Crippen molar-refractivity contribution >= 4 is 21.8 Å². The summed E-state index contributed by atoms with van der Waals surface area (Å²) in [6.07, 6.45) is 0. The molecule has 5 heteroatoms. The number of carbonyl (C=O) groups is 1. The Morgan fingerprint density at radius 1 is 1.37 bits per heavy atom. The zero-order chi connectivity index (χ0) is 14.0. The number of hydrogen-bond donors (Lipinski definition) is 1. The summed E-state index contributed by atoms with van der Waals surface area (Å²) in [4.78, 5) is 12.0. The molecule has 0 aliphatic carbocycles. The Kier molecular flexibility index (Phi) is 4.04. The molecule has 1 amide bonds. The number of nitrogens with one attached hydrogen (secondary N) is 1. The maximum atomic E-state index is 13.2. The van der Waals surface area contributed by atoms with Crippen molar-refractivity contribution in [1.82, 2.24) is 5.32 Å². The van der Waals surface area contributed by atoms with Crippen LogP contribution in [0.3, 0.4) is 0 Å². The molecular formula is C14H13BrFNO2. The predicted octanol–water partition coefficient (Wildman–Crippen LogP) is 3.98. The molecule has 1 atom stereocenters. The zero-order valence-corrected chi connectivity index (χ0v) is 12.1. The summed E-state index contributed by atoms with van der Waals surface area (Å²) in [5.74, 6) is 0.647. The number of benzene rings is 1. The van der Waals surface area contributed by atoms with Crippen molar-refractivity contribution in [2.75, 3.05) is 0 Å². The van der Waals surface area contributed by atoms with E-state index in [1.165, 1.54) is 12.1 Å². The Morgan fingerprint density at radius 3 is 2.68 bits per heavy atom. The van der Waals surface area contributed by atoms with Crippen molar-refractivity contribution in [3.63, 3.8) is 0 Å². The van der Waals surface area contributed by atoms with Gasteiger partial charge in [-0.1, -0.05) is 15.9 Å². The lowest BCUT2D eigenvalue weighted by Gasteiger charge is -2.11. The van der Waals surface area contributed by atoms with E-state index in [1.807, 2.05) is 26.0 Å². The summed E-state index contributed by atoms with van der Waals surface area (Å²) in [7, 11) is 0. The summed E-state index contributed by atoms with van der Waals surface area (Å²) in [6.45, 7) is 3.65. The monoisotopic (exact) mass is 325 g/mol. The minimum Gasteiger partial charge on any atom is -0.464 e. The number of halogens is 2. The van der Waals surface area contributed by atoms with Crippen LogP contribution in [0.15, 0.2) is 39.2 Å². The minimum atomic E-state index is -0.457. The smallest absolute Gasteiger partial charge is 0.252 e. The van der Waals surface area contributed by atoms with E-state index in [9.17, 15) is 9.18 Å². The van der Waals surface area contributed by atoms with Crippen molar-refractivity contribution in [2.45, 2.75) is 19.9 Å². The third kappa shape index (κ3) is 3.44. The van der Waals surface area contributed by atoms with E-state index in [0.29, 0.717) is 10.2 Å². The van der Waals surface area contributed by atoms with Gasteiger partial charge in [-0.3, -0.25) is 4.79 Å². The first kappa shape index (κ1) is 13.8. The van der Waals surface area contributed by atoms with Crippen LogP contribution in [0.4, 0.5) is 4.39 Å². The van der Waals surface area contributed by atoms with Gasteiger partial charge in [-0.05, 0) is 44.2 Å². The molecule has 0 saturated heterocycles. The molecule has 0 aliphatic rings. The normalized spacial score (nSPS) is 12.2. The van der Waals surface area contributed by atoms with Crippen LogP contribution in [0.25, 0.3) is 0 Å². The molecule has 0 saturated carbocycles. The molecule has 0 spiro atoms. The second-order valence-corrected chi connectivity index (χ2v) is 5.22. The largest absolute Gasteiger partial charge is 0.464 e. The lowest BCUT2D eigenvalue weighted by atomic mass is 10.2. The lowest BCUT2D eigenvalue weighted by molar-refractivity contribution is 0.0934. The van der Waals surface area contributed by atoms with Gasteiger partial charge in [0.05, 0.1) is 6.04 Å². The van der Waals surface area contributed by atoms with Gasteiger partial charge < -0.3 is 9.73 Å². The molecule has 19 heavy (non-hydrogen) atoms. The van der Waals surface area contributed by atoms with Gasteiger partial charge in [0.1, 0.15) is 17.3 Å². The highest BCUT2D eigenvalue weighted by Crippen LogP contribution is 2.18. The molecule has 100 valence electrons. The highest BCUT2D eigenvalue weighted by molar-refractivity contribution is 9.10. The molecule has 0 aliphatic heterocycles. The maximum absolute atomic E-state index is 13.2. The van der Waals surface area contributed by atoms with Gasteiger partial charge >= 0.3 is 0 Å². The molecule has 1 heterocycles. The standard InChI is InChI=1S/C14H13BrFNO2/c1-8-3-4-13(19-8)9(2)17-14(18)10-5-11(15)7-12(16)6-10/h3-7,9H,1-2H3,(H,17,18). The van der Waals surface area contributed by atoms with E-state index in [1.54, 1.807) is 6.07 Å². The molecule has 1 unspecified atom stereocenters. The van der Waals surface area contributed by atoms with Crippen LogP contribution in [0.5, 0.6) is 0 Å². The molecule has 0 fully saturated rings. The van der Waals surface area contributed by atoms with Crippen LogP contribution in [-0.2, 0) is 0 Å². The second-order valence-electron chi connectivity index (χ2n) is 4.30. The summed E-state index contributed by atoms with van der Waals surface area (Å²) >= 11 is 3.16. The molecule has 0 bridgehead atoms. The summed E-state index contributed by atoms with van der Waals surface area (Å²) < 4.78 is 19.2. The summed E-state index contributed by atoms with van der Waals surface area (Å²) in [5, 5.41) is 2.76. The SMILES string of the molecule is Cc1ccc(C(C)NC(=O)c2cc(F)cc(Br)c2)o1. The van der Waals surface area contributed by atoms with Gasteiger partial charge in [-0.2, -0.15) is 0 Å². The predicted molar refractivity (Wildman–Crippen MR) is 73.4 cm³/mol. The first-order valence-corrected chi connectivity index (χ1v) is 6.58. The molecule has 1 N–H and O–H groups in total. The third-order valence-electron chi connectivity index (χ3n) is 2.66. The number of carbonyl (C=O) groups excluding carboxylic acids is 1. The van der Waals surface area contributed by atoms with Crippen molar-refractivity contribution in [3.8, 4) is 0 Å². The fraction of sp³-hybridized carbons (Fsp3) is 0.214.